The Balaban J connectivity index is 1.48. The van der Waals surface area contributed by atoms with Gasteiger partial charge < -0.3 is 10.6 Å². The first kappa shape index (κ1) is 24.8. The minimum Gasteiger partial charge on any atom is -0.309 e. The predicted molar refractivity (Wildman–Crippen MR) is 141 cm³/mol. The Morgan fingerprint density at radius 3 is 2.33 bits per heavy atom. The number of hydrogen-bond acceptors (Lipinski definition) is 5. The van der Waals surface area contributed by atoms with Gasteiger partial charge >= 0.3 is 0 Å². The fraction of sp³-hybridized carbons (Fsp3) is 0.241. The quantitative estimate of drug-likeness (QED) is 0.370. The van der Waals surface area contributed by atoms with E-state index in [0.717, 1.165) is 33.6 Å². The molecule has 0 aliphatic rings. The van der Waals surface area contributed by atoms with Crippen molar-refractivity contribution in [3.05, 3.63) is 101 Å². The van der Waals surface area contributed by atoms with Crippen LogP contribution in [0.2, 0.25) is 0 Å². The highest BCUT2D eigenvalue weighted by Crippen LogP contribution is 2.27. The third-order valence-corrected chi connectivity index (χ3v) is 6.44. The van der Waals surface area contributed by atoms with Crippen LogP contribution in [0.4, 0.5) is 5.82 Å². The number of carbonyl (C=O) groups is 1. The lowest BCUT2D eigenvalue weighted by atomic mass is 9.98. The van der Waals surface area contributed by atoms with Crippen LogP contribution in [0.3, 0.4) is 0 Å². The predicted octanol–water partition coefficient (Wildman–Crippen LogP) is 5.04. The normalized spacial score (nSPS) is 12.5. The van der Waals surface area contributed by atoms with Crippen LogP contribution < -0.4 is 10.6 Å². The molecule has 2 N–H and O–H groups in total. The lowest BCUT2D eigenvalue weighted by molar-refractivity contribution is -0.118. The first-order valence-corrected chi connectivity index (χ1v) is 11.9. The van der Waals surface area contributed by atoms with Crippen molar-refractivity contribution in [2.24, 2.45) is 7.05 Å². The number of aromatic nitrogens is 3. The summed E-state index contributed by atoms with van der Waals surface area (Å²) in [6.07, 6.45) is 1.77. The molecule has 0 aliphatic carbocycles. The molecule has 0 spiro atoms. The van der Waals surface area contributed by atoms with Gasteiger partial charge in [-0.1, -0.05) is 49.4 Å². The molecule has 2 heterocycles. The van der Waals surface area contributed by atoms with E-state index in [0.29, 0.717) is 17.9 Å². The molecule has 1 amide bonds. The van der Waals surface area contributed by atoms with E-state index in [2.05, 4.69) is 33.7 Å². The van der Waals surface area contributed by atoms with Crippen LogP contribution in [0.15, 0.2) is 72.9 Å². The molecule has 0 saturated heterocycles. The van der Waals surface area contributed by atoms with Crippen LogP contribution >= 0.6 is 0 Å². The molecular weight excluding hydrogens is 448 g/mol. The highest BCUT2D eigenvalue weighted by atomic mass is 16.2. The number of carbonyl (C=O) groups excluding carboxylic acids is 1. The fourth-order valence-corrected chi connectivity index (χ4v) is 4.31. The van der Waals surface area contributed by atoms with E-state index in [1.165, 1.54) is 0 Å². The monoisotopic (exact) mass is 478 g/mol. The van der Waals surface area contributed by atoms with Crippen molar-refractivity contribution in [3.8, 4) is 17.2 Å². The Morgan fingerprint density at radius 1 is 1.03 bits per heavy atom. The molecule has 0 fully saturated rings. The van der Waals surface area contributed by atoms with E-state index >= 15 is 0 Å². The van der Waals surface area contributed by atoms with Gasteiger partial charge in [0.15, 0.2) is 0 Å². The average molecular weight is 479 g/mol. The van der Waals surface area contributed by atoms with Crippen LogP contribution in [0.25, 0.3) is 11.1 Å². The summed E-state index contributed by atoms with van der Waals surface area (Å²) in [4.78, 5) is 17.8. The van der Waals surface area contributed by atoms with Gasteiger partial charge in [-0.2, -0.15) is 10.4 Å². The molecule has 0 radical (unpaired) electrons. The maximum atomic E-state index is 13.3. The Hall–Kier alpha value is -4.28. The zero-order valence-electron chi connectivity index (χ0n) is 21.0. The second-order valence-corrected chi connectivity index (χ2v) is 8.98. The van der Waals surface area contributed by atoms with Gasteiger partial charge in [-0.25, -0.2) is 4.98 Å². The topological polar surface area (TPSA) is 95.6 Å². The van der Waals surface area contributed by atoms with Gasteiger partial charge in [-0.3, -0.25) is 9.48 Å². The molecule has 2 atom stereocenters. The number of rotatable bonds is 8. The Labute approximate surface area is 211 Å². The molecule has 36 heavy (non-hydrogen) atoms. The molecule has 0 unspecified atom stereocenters. The lowest BCUT2D eigenvalue weighted by Gasteiger charge is -2.21. The number of nitrogens with one attached hydrogen (secondary N) is 2. The molecule has 7 nitrogen and oxygen atoms in total. The summed E-state index contributed by atoms with van der Waals surface area (Å²) >= 11 is 0. The molecule has 182 valence electrons. The fourth-order valence-electron chi connectivity index (χ4n) is 4.31. The maximum Gasteiger partial charge on any atom is 0.247 e. The van der Waals surface area contributed by atoms with Crippen molar-refractivity contribution in [3.63, 3.8) is 0 Å². The molecule has 2 aromatic heterocycles. The number of nitrogens with zero attached hydrogens (tertiary/aromatic N) is 4. The highest BCUT2D eigenvalue weighted by Gasteiger charge is 2.22. The third-order valence-electron chi connectivity index (χ3n) is 6.44. The van der Waals surface area contributed by atoms with Gasteiger partial charge in [0.1, 0.15) is 11.9 Å². The summed E-state index contributed by atoms with van der Waals surface area (Å²) in [5.41, 5.74) is 6.64. The number of amides is 1. The van der Waals surface area contributed by atoms with E-state index in [1.54, 1.807) is 6.20 Å². The molecule has 4 rings (SSSR count). The standard InChI is InChI=1S/C29H30N6O/c1-19(23-12-10-22(16-30)11-13-23)17-32-28(24-8-6-5-7-9-24)29(36)33-26-15-14-25(18-31-26)27-20(2)34-35(4)21(27)3/h5-15,18-19,28,32H,17H2,1-4H3,(H,31,33,36)/t19-,28-/m1/s1. The summed E-state index contributed by atoms with van der Waals surface area (Å²) in [6.45, 7) is 6.69. The third kappa shape index (κ3) is 5.51. The van der Waals surface area contributed by atoms with Crippen LogP contribution in [0, 0.1) is 25.2 Å². The van der Waals surface area contributed by atoms with Crippen LogP contribution in [-0.2, 0) is 11.8 Å². The number of aryl methyl sites for hydroxylation is 2. The van der Waals surface area contributed by atoms with Crippen molar-refractivity contribution in [1.82, 2.24) is 20.1 Å². The number of pyridine rings is 1. The molecule has 7 heteroatoms. The van der Waals surface area contributed by atoms with Gasteiger partial charge in [0.25, 0.3) is 0 Å². The summed E-state index contributed by atoms with van der Waals surface area (Å²) in [5.74, 6) is 0.466. The van der Waals surface area contributed by atoms with Crippen molar-refractivity contribution < 1.29 is 4.79 Å². The van der Waals surface area contributed by atoms with Crippen LogP contribution in [-0.4, -0.2) is 27.2 Å². The molecule has 0 bridgehead atoms. The number of hydrogen-bond donors (Lipinski definition) is 2. The Morgan fingerprint density at radius 2 is 1.75 bits per heavy atom. The molecule has 4 aromatic rings. The number of nitriles is 1. The zero-order chi connectivity index (χ0) is 25.7. The average Bonchev–Trinajstić information content (AvgIpc) is 3.16. The molecule has 0 saturated carbocycles. The summed E-state index contributed by atoms with van der Waals surface area (Å²) in [7, 11) is 1.92. The minimum absolute atomic E-state index is 0.153. The van der Waals surface area contributed by atoms with Crippen molar-refractivity contribution in [2.45, 2.75) is 32.7 Å². The van der Waals surface area contributed by atoms with Gasteiger partial charge in [-0.05, 0) is 55.2 Å². The Kier molecular flexibility index (Phi) is 7.57. The molecule has 2 aromatic carbocycles. The van der Waals surface area contributed by atoms with E-state index < -0.39 is 6.04 Å². The maximum absolute atomic E-state index is 13.3. The smallest absolute Gasteiger partial charge is 0.247 e. The summed E-state index contributed by atoms with van der Waals surface area (Å²) < 4.78 is 1.86. The Bertz CT molecular complexity index is 1370. The van der Waals surface area contributed by atoms with Crippen molar-refractivity contribution in [1.29, 1.82) is 5.26 Å². The molecular formula is C29H30N6O. The van der Waals surface area contributed by atoms with Crippen LogP contribution in [0.1, 0.15) is 47.0 Å². The highest BCUT2D eigenvalue weighted by molar-refractivity contribution is 5.95. The van der Waals surface area contributed by atoms with Gasteiger partial charge in [0, 0.05) is 36.6 Å². The van der Waals surface area contributed by atoms with Crippen molar-refractivity contribution in [2.75, 3.05) is 11.9 Å². The second-order valence-electron chi connectivity index (χ2n) is 8.98. The van der Waals surface area contributed by atoms with E-state index in [4.69, 9.17) is 5.26 Å². The number of anilines is 1. The van der Waals surface area contributed by atoms with Gasteiger partial charge in [0.05, 0.1) is 17.3 Å². The summed E-state index contributed by atoms with van der Waals surface area (Å²) in [6, 6.07) is 22.6. The van der Waals surface area contributed by atoms with E-state index in [-0.39, 0.29) is 11.8 Å². The SMILES string of the molecule is Cc1nn(C)c(C)c1-c1ccc(NC(=O)[C@H](NC[C@@H](C)c2ccc(C#N)cc2)c2ccccc2)nc1. The van der Waals surface area contributed by atoms with Gasteiger partial charge in [-0.15, -0.1) is 0 Å². The van der Waals surface area contributed by atoms with Crippen molar-refractivity contribution >= 4 is 11.7 Å². The zero-order valence-corrected chi connectivity index (χ0v) is 21.0. The van der Waals surface area contributed by atoms with Gasteiger partial charge in [0.2, 0.25) is 5.91 Å². The lowest BCUT2D eigenvalue weighted by Crippen LogP contribution is -2.35. The number of benzene rings is 2. The summed E-state index contributed by atoms with van der Waals surface area (Å²) in [5, 5.41) is 19.9. The first-order valence-electron chi connectivity index (χ1n) is 11.9. The first-order chi connectivity index (χ1) is 17.4. The second kappa shape index (κ2) is 11.0. The molecule has 0 aliphatic heterocycles. The largest absolute Gasteiger partial charge is 0.309 e. The minimum atomic E-state index is -0.545. The van der Waals surface area contributed by atoms with E-state index in [1.807, 2.05) is 92.3 Å². The van der Waals surface area contributed by atoms with Crippen LogP contribution in [0.5, 0.6) is 0 Å². The van der Waals surface area contributed by atoms with E-state index in [9.17, 15) is 4.79 Å².